The number of carbonyl (C=O) groups excluding carboxylic acids is 9. The Morgan fingerprint density at radius 3 is 1.28 bits per heavy atom. The van der Waals surface area contributed by atoms with Crippen LogP contribution in [0.5, 0.6) is 23.0 Å². The SMILES string of the molecule is C[C@H](NC(=O)[C@H](CCCNC(=N)N)NC(=O)CCNC(=S)Nc1ccc2c(c1)C(=O)OC21c2ccc(O)cc2Oc2cc(O)ccc21)C(=O)N[C@@H](CCCNC(=N)N)C(=O)N[C@@H](CCCNC(=N)N)C(=O)N[C@@H](CCCNC(=N)N)C(=O)N[C@@H](CCCCN)C(=O)N[C@@H](CCCCN)C(=O)NCc1ccc(C(=N)N)cc1. The number of nitrogens with one attached hydrogen (secondary N) is 19. The Bertz CT molecular complexity index is 3970. The van der Waals surface area contributed by atoms with Crippen LogP contribution in [0.1, 0.15) is 141 Å². The summed E-state index contributed by atoms with van der Waals surface area (Å²) in [5, 5.41) is 97.1. The van der Waals surface area contributed by atoms with E-state index in [0.29, 0.717) is 65.7 Å². The molecule has 6 rings (SSSR count). The van der Waals surface area contributed by atoms with Gasteiger partial charge in [0.05, 0.1) is 5.56 Å². The van der Waals surface area contributed by atoms with Crippen LogP contribution in [-0.2, 0) is 55.2 Å². The van der Waals surface area contributed by atoms with Gasteiger partial charge in [-0.15, -0.1) is 0 Å². The third-order valence-corrected chi connectivity index (χ3v) is 18.0. The predicted octanol–water partition coefficient (Wildman–Crippen LogP) is -2.33. The molecular formula is C71H104N26O13S. The summed E-state index contributed by atoms with van der Waals surface area (Å²) in [5.41, 5.74) is 40.9. The summed E-state index contributed by atoms with van der Waals surface area (Å²) in [6, 6.07) is 10.8. The molecule has 35 N–H and O–H groups in total. The molecule has 0 aliphatic carbocycles. The number of nitrogens with two attached hydrogens (primary N) is 7. The summed E-state index contributed by atoms with van der Waals surface area (Å²) in [6.45, 7) is 2.13. The van der Waals surface area contributed by atoms with Gasteiger partial charge >= 0.3 is 5.97 Å². The number of aromatic hydroxyl groups is 2. The molecule has 4 aromatic rings. The fourth-order valence-electron chi connectivity index (χ4n) is 12.1. The first-order valence-corrected chi connectivity index (χ1v) is 36.7. The molecule has 111 heavy (non-hydrogen) atoms. The van der Waals surface area contributed by atoms with Crippen molar-refractivity contribution in [2.45, 2.75) is 158 Å². The number of hydrogen-bond acceptors (Lipinski definition) is 21. The van der Waals surface area contributed by atoms with E-state index in [0.717, 1.165) is 0 Å². The first kappa shape index (κ1) is 87.6. The number of benzene rings is 4. The topological polar surface area (TPSA) is 682 Å². The number of amides is 8. The van der Waals surface area contributed by atoms with E-state index in [1.165, 1.54) is 37.3 Å². The molecule has 7 atom stereocenters. The molecule has 602 valence electrons. The van der Waals surface area contributed by atoms with E-state index in [1.54, 1.807) is 48.5 Å². The summed E-state index contributed by atoms with van der Waals surface area (Å²) in [5.74, 6) is -8.40. The number of guanidine groups is 4. The zero-order valence-electron chi connectivity index (χ0n) is 61.6. The van der Waals surface area contributed by atoms with Crippen molar-refractivity contribution in [3.63, 3.8) is 0 Å². The summed E-state index contributed by atoms with van der Waals surface area (Å²) < 4.78 is 12.2. The molecule has 0 bridgehead atoms. The second kappa shape index (κ2) is 43.6. The maximum Gasteiger partial charge on any atom is 0.340 e. The van der Waals surface area contributed by atoms with Gasteiger partial charge in [-0.25, -0.2) is 4.79 Å². The number of esters is 1. The Hall–Kier alpha value is -12.3. The van der Waals surface area contributed by atoms with Crippen LogP contribution < -0.4 is 119 Å². The zero-order chi connectivity index (χ0) is 81.3. The highest BCUT2D eigenvalue weighted by Gasteiger charge is 2.54. The quantitative estimate of drug-likeness (QED) is 0.00725. The van der Waals surface area contributed by atoms with Gasteiger partial charge < -0.3 is 134 Å². The van der Waals surface area contributed by atoms with Gasteiger partial charge in [-0.05, 0) is 164 Å². The van der Waals surface area contributed by atoms with Crippen molar-refractivity contribution in [2.24, 2.45) is 40.1 Å². The van der Waals surface area contributed by atoms with Gasteiger partial charge in [0.1, 0.15) is 71.1 Å². The highest BCUT2D eigenvalue weighted by molar-refractivity contribution is 7.80. The molecule has 0 fully saturated rings. The number of phenolic OH excluding ortho intramolecular Hbond substituents is 2. The molecular weight excluding hydrogens is 1460 g/mol. The Kier molecular flexibility index (Phi) is 34.4. The van der Waals surface area contributed by atoms with Crippen LogP contribution in [0, 0.1) is 27.0 Å². The molecule has 0 saturated carbocycles. The zero-order valence-corrected chi connectivity index (χ0v) is 62.5. The standard InChI is InChI=1S/C71H104N26O13S/c1-38(90-60(103)49(12-6-29-84-66(76)77)92-56(100)26-33-88-70(111)91-41-20-23-45-44(34-41)65(108)110-71(45)46-24-21-42(98)35-54(46)109-55-36-43(99)22-25-47(55)71)58(101)93-51(13-7-30-85-67(78)79)62(105)96-53(15-9-32-87-69(82)83)64(107)97-52(14-8-31-86-68(80)81)63(106)95-50(11-3-5-28-73)61(104)94-48(10-2-4-27-72)59(102)89-37-39-16-18-40(19-17-39)57(74)75/h16-25,34-36,38,48-53,98-99H,2-15,26-33,37,72-73H2,1H3,(H3,74,75)(H,89,102)(H,90,103)(H,92,100)(H,93,101)(H,94,104)(H,95,106)(H,96,105)(H,97,107)(H4,76,77,84)(H4,78,79,85)(H4,80,81,86)(H4,82,83,87)(H2,88,91,111)/t38-,48-,49-,50-,51-,52-,53-/m0/s1. The fourth-order valence-corrected chi connectivity index (χ4v) is 12.3. The number of hydrogen-bond donors (Lipinski definition) is 28. The van der Waals surface area contributed by atoms with Crippen LogP contribution >= 0.6 is 12.2 Å². The highest BCUT2D eigenvalue weighted by atomic mass is 32.1. The van der Waals surface area contributed by atoms with Gasteiger partial charge in [-0.3, -0.25) is 65.4 Å². The molecule has 2 aliphatic heterocycles. The maximum atomic E-state index is 14.7. The molecule has 1 spiro atoms. The molecule has 40 heteroatoms. The second-order valence-electron chi connectivity index (χ2n) is 26.4. The largest absolute Gasteiger partial charge is 0.508 e. The fraction of sp³-hybridized carbons (Fsp3) is 0.451. The van der Waals surface area contributed by atoms with Crippen LogP contribution in [0.2, 0.25) is 0 Å². The normalized spacial score (nSPS) is 13.8. The molecule has 0 saturated heterocycles. The average molecular weight is 1560 g/mol. The predicted molar refractivity (Wildman–Crippen MR) is 418 cm³/mol. The van der Waals surface area contributed by atoms with E-state index in [1.807, 2.05) is 0 Å². The Morgan fingerprint density at radius 1 is 0.459 bits per heavy atom. The van der Waals surface area contributed by atoms with E-state index in [-0.39, 0.29) is 168 Å². The lowest BCUT2D eigenvalue weighted by Gasteiger charge is -2.36. The van der Waals surface area contributed by atoms with Crippen LogP contribution in [0.15, 0.2) is 78.9 Å². The van der Waals surface area contributed by atoms with Crippen molar-refractivity contribution in [3.8, 4) is 23.0 Å². The number of thiocarbonyl (C=S) groups is 1. The van der Waals surface area contributed by atoms with Gasteiger partial charge in [0.2, 0.25) is 47.3 Å². The lowest BCUT2D eigenvalue weighted by atomic mass is 9.77. The first-order valence-electron chi connectivity index (χ1n) is 36.2. The molecule has 39 nitrogen and oxygen atoms in total. The first-order chi connectivity index (χ1) is 52.9. The van der Waals surface area contributed by atoms with E-state index in [4.69, 9.17) is 88.9 Å². The number of anilines is 1. The van der Waals surface area contributed by atoms with Gasteiger partial charge in [0.15, 0.2) is 34.6 Å². The van der Waals surface area contributed by atoms with E-state index < -0.39 is 113 Å². The van der Waals surface area contributed by atoms with Crippen LogP contribution in [0.4, 0.5) is 5.69 Å². The van der Waals surface area contributed by atoms with Crippen molar-refractivity contribution in [1.29, 1.82) is 27.0 Å². The molecule has 0 aromatic heterocycles. The number of ether oxygens (including phenoxy) is 2. The summed E-state index contributed by atoms with van der Waals surface area (Å²) in [7, 11) is 0. The minimum atomic E-state index is -1.51. The minimum Gasteiger partial charge on any atom is -0.508 e. The van der Waals surface area contributed by atoms with Crippen LogP contribution in [0.3, 0.4) is 0 Å². The number of rotatable bonds is 45. The number of fused-ring (bicyclic) bond motifs is 6. The second-order valence-corrected chi connectivity index (χ2v) is 26.8. The molecule has 2 heterocycles. The number of nitrogen functional groups attached to an aromatic ring is 1. The van der Waals surface area contributed by atoms with Crippen molar-refractivity contribution in [1.82, 2.24) is 69.1 Å². The summed E-state index contributed by atoms with van der Waals surface area (Å²) in [4.78, 5) is 128. The number of carbonyl (C=O) groups is 9. The van der Waals surface area contributed by atoms with Crippen molar-refractivity contribution in [2.75, 3.05) is 51.1 Å². The summed E-state index contributed by atoms with van der Waals surface area (Å²) in [6.07, 6.45) is 1.79. The van der Waals surface area contributed by atoms with Crippen molar-refractivity contribution in [3.05, 3.63) is 112 Å². The Morgan fingerprint density at radius 2 is 0.856 bits per heavy atom. The van der Waals surface area contributed by atoms with E-state index in [9.17, 15) is 53.4 Å². The van der Waals surface area contributed by atoms with Gasteiger partial charge in [0, 0.05) is 85.8 Å². The molecule has 0 unspecified atom stereocenters. The minimum absolute atomic E-state index is 0.0295. The van der Waals surface area contributed by atoms with Gasteiger partial charge in [-0.1, -0.05) is 30.3 Å². The number of unbranched alkanes of at least 4 members (excludes halogenated alkanes) is 2. The molecule has 4 aromatic carbocycles. The lowest BCUT2D eigenvalue weighted by Crippen LogP contribution is -2.60. The molecule has 0 radical (unpaired) electrons. The highest BCUT2D eigenvalue weighted by Crippen LogP contribution is 2.57. The monoisotopic (exact) mass is 1560 g/mol. The van der Waals surface area contributed by atoms with Crippen LogP contribution in [-0.4, -0.2) is 186 Å². The maximum absolute atomic E-state index is 14.7. The molecule has 8 amide bonds. The van der Waals surface area contributed by atoms with E-state index in [2.05, 4.69) is 74.4 Å². The number of phenols is 2. The summed E-state index contributed by atoms with van der Waals surface area (Å²) >= 11 is 5.56. The van der Waals surface area contributed by atoms with E-state index >= 15 is 0 Å². The van der Waals surface area contributed by atoms with Crippen LogP contribution in [0.25, 0.3) is 0 Å². The average Bonchev–Trinajstić information content (AvgIpc) is 1.59. The Labute approximate surface area is 646 Å². The third kappa shape index (κ3) is 27.4. The smallest absolute Gasteiger partial charge is 0.340 e. The Balaban J connectivity index is 1.14. The molecule has 2 aliphatic rings. The van der Waals surface area contributed by atoms with Gasteiger partial charge in [0.25, 0.3) is 0 Å². The van der Waals surface area contributed by atoms with Gasteiger partial charge in [-0.2, -0.15) is 0 Å². The number of amidine groups is 1. The van der Waals surface area contributed by atoms with Crippen molar-refractivity contribution < 1.29 is 62.8 Å². The lowest BCUT2D eigenvalue weighted by molar-refractivity contribution is -0.136. The van der Waals surface area contributed by atoms with Crippen molar-refractivity contribution >= 4 is 106 Å². The third-order valence-electron chi connectivity index (χ3n) is 17.8.